The van der Waals surface area contributed by atoms with Crippen LogP contribution in [0, 0.1) is 11.8 Å². The Morgan fingerprint density at radius 1 is 0.618 bits per heavy atom. The van der Waals surface area contributed by atoms with Gasteiger partial charge in [0.2, 0.25) is 0 Å². The van der Waals surface area contributed by atoms with Crippen molar-refractivity contribution >= 4 is 5.97 Å². The monoisotopic (exact) mass is 478 g/mol. The van der Waals surface area contributed by atoms with E-state index in [4.69, 9.17) is 4.74 Å². The van der Waals surface area contributed by atoms with E-state index in [1.54, 1.807) is 6.92 Å². The second-order valence-corrected chi connectivity index (χ2v) is 11.1. The van der Waals surface area contributed by atoms with Gasteiger partial charge in [0.1, 0.15) is 0 Å². The average molecular weight is 479 g/mol. The summed E-state index contributed by atoms with van der Waals surface area (Å²) in [6.07, 6.45) is 30.1. The molecular weight excluding hydrogens is 416 g/mol. The maximum absolute atomic E-state index is 11.9. The molecule has 0 spiro atoms. The second kappa shape index (κ2) is 25.3. The van der Waals surface area contributed by atoms with Crippen molar-refractivity contribution in [3.63, 3.8) is 0 Å². The fourth-order valence-electron chi connectivity index (χ4n) is 4.92. The molecule has 0 rings (SSSR count). The van der Waals surface area contributed by atoms with E-state index in [1.165, 1.54) is 141 Å². The van der Waals surface area contributed by atoms with E-state index < -0.39 is 0 Å². The summed E-state index contributed by atoms with van der Waals surface area (Å²) in [5.41, 5.74) is 0.514. The van der Waals surface area contributed by atoms with Gasteiger partial charge in [-0.2, -0.15) is 0 Å². The standard InChI is InChI=1S/C32H62O2/c1-6-8-10-12-14-16-18-20-22-24-26-30(5)31(28-34-32(33)29(3)4)27-25-23-21-19-17-15-13-11-9-7-2/h30-31H,3,6-28H2,1-2,4-5H3. The Labute approximate surface area is 215 Å². The summed E-state index contributed by atoms with van der Waals surface area (Å²) >= 11 is 0. The smallest absolute Gasteiger partial charge is 0.333 e. The van der Waals surface area contributed by atoms with Gasteiger partial charge in [0.15, 0.2) is 0 Å². The van der Waals surface area contributed by atoms with Crippen LogP contribution in [-0.4, -0.2) is 12.6 Å². The molecule has 0 fully saturated rings. The third-order valence-electron chi connectivity index (χ3n) is 7.52. The number of esters is 1. The van der Waals surface area contributed by atoms with Crippen LogP contribution in [0.25, 0.3) is 0 Å². The lowest BCUT2D eigenvalue weighted by atomic mass is 9.85. The lowest BCUT2D eigenvalue weighted by Crippen LogP contribution is -2.21. The van der Waals surface area contributed by atoms with Gasteiger partial charge >= 0.3 is 5.97 Å². The topological polar surface area (TPSA) is 26.3 Å². The summed E-state index contributed by atoms with van der Waals surface area (Å²) in [7, 11) is 0. The number of ether oxygens (including phenoxy) is 1. The van der Waals surface area contributed by atoms with Gasteiger partial charge in [0, 0.05) is 5.57 Å². The Morgan fingerprint density at radius 3 is 1.35 bits per heavy atom. The van der Waals surface area contributed by atoms with Gasteiger partial charge in [-0.3, -0.25) is 0 Å². The van der Waals surface area contributed by atoms with E-state index in [-0.39, 0.29) is 5.97 Å². The van der Waals surface area contributed by atoms with Gasteiger partial charge in [0.05, 0.1) is 6.61 Å². The molecular formula is C32H62O2. The van der Waals surface area contributed by atoms with Crippen LogP contribution in [-0.2, 0) is 9.53 Å². The molecule has 202 valence electrons. The average Bonchev–Trinajstić information content (AvgIpc) is 2.82. The highest BCUT2D eigenvalue weighted by Crippen LogP contribution is 2.26. The molecule has 0 amide bonds. The molecule has 2 unspecified atom stereocenters. The summed E-state index contributed by atoms with van der Waals surface area (Å²) in [5.74, 6) is 0.903. The minimum absolute atomic E-state index is 0.223. The summed E-state index contributed by atoms with van der Waals surface area (Å²) < 4.78 is 5.59. The molecule has 34 heavy (non-hydrogen) atoms. The van der Waals surface area contributed by atoms with Crippen molar-refractivity contribution in [3.8, 4) is 0 Å². The number of carbonyl (C=O) groups excluding carboxylic acids is 1. The highest BCUT2D eigenvalue weighted by atomic mass is 16.5. The van der Waals surface area contributed by atoms with Crippen molar-refractivity contribution in [2.24, 2.45) is 11.8 Å². The Bertz CT molecular complexity index is 456. The Hall–Kier alpha value is -0.790. The molecule has 0 aromatic rings. The van der Waals surface area contributed by atoms with Crippen LogP contribution in [0.2, 0.25) is 0 Å². The zero-order chi connectivity index (χ0) is 25.3. The molecule has 0 radical (unpaired) electrons. The second-order valence-electron chi connectivity index (χ2n) is 11.1. The van der Waals surface area contributed by atoms with Crippen molar-refractivity contribution in [2.45, 2.75) is 169 Å². The normalized spacial score (nSPS) is 13.1. The first-order chi connectivity index (χ1) is 16.5. The highest BCUT2D eigenvalue weighted by Gasteiger charge is 2.19. The predicted octanol–water partition coefficient (Wildman–Crippen LogP) is 11.0. The largest absolute Gasteiger partial charge is 0.462 e. The lowest BCUT2D eigenvalue weighted by Gasteiger charge is -2.24. The summed E-state index contributed by atoms with van der Waals surface area (Å²) in [6.45, 7) is 13.0. The Balaban J connectivity index is 4.04. The van der Waals surface area contributed by atoms with Crippen molar-refractivity contribution in [2.75, 3.05) is 6.61 Å². The van der Waals surface area contributed by atoms with Gasteiger partial charge in [-0.25, -0.2) is 4.79 Å². The summed E-state index contributed by atoms with van der Waals surface area (Å²) in [4.78, 5) is 11.9. The van der Waals surface area contributed by atoms with Crippen molar-refractivity contribution in [1.82, 2.24) is 0 Å². The van der Waals surface area contributed by atoms with Gasteiger partial charge < -0.3 is 4.74 Å². The zero-order valence-electron chi connectivity index (χ0n) is 23.9. The maximum Gasteiger partial charge on any atom is 0.333 e. The van der Waals surface area contributed by atoms with Gasteiger partial charge in [-0.05, 0) is 25.2 Å². The van der Waals surface area contributed by atoms with E-state index in [9.17, 15) is 4.79 Å². The molecule has 0 aliphatic rings. The number of carbonyl (C=O) groups is 1. The fraction of sp³-hybridized carbons (Fsp3) is 0.906. The first-order valence-corrected chi connectivity index (χ1v) is 15.4. The molecule has 0 heterocycles. The summed E-state index contributed by atoms with van der Waals surface area (Å²) in [5, 5.41) is 0. The molecule has 0 N–H and O–H groups in total. The molecule has 0 aliphatic carbocycles. The quantitative estimate of drug-likeness (QED) is 0.0701. The third kappa shape index (κ3) is 21.7. The number of hydrogen-bond acceptors (Lipinski definition) is 2. The number of unbranched alkanes of at least 4 members (excludes halogenated alkanes) is 18. The van der Waals surface area contributed by atoms with Crippen LogP contribution in [0.15, 0.2) is 12.2 Å². The van der Waals surface area contributed by atoms with Crippen LogP contribution in [0.5, 0.6) is 0 Å². The Morgan fingerprint density at radius 2 is 0.971 bits per heavy atom. The van der Waals surface area contributed by atoms with Crippen molar-refractivity contribution in [1.29, 1.82) is 0 Å². The summed E-state index contributed by atoms with van der Waals surface area (Å²) in [6, 6.07) is 0. The van der Waals surface area contributed by atoms with Crippen LogP contribution in [0.4, 0.5) is 0 Å². The van der Waals surface area contributed by atoms with Gasteiger partial charge in [0.25, 0.3) is 0 Å². The van der Waals surface area contributed by atoms with E-state index in [0.29, 0.717) is 24.0 Å². The predicted molar refractivity (Wildman–Crippen MR) is 151 cm³/mol. The molecule has 2 heteroatoms. The van der Waals surface area contributed by atoms with Crippen molar-refractivity contribution in [3.05, 3.63) is 12.2 Å². The van der Waals surface area contributed by atoms with Crippen LogP contribution in [0.1, 0.15) is 169 Å². The van der Waals surface area contributed by atoms with Crippen LogP contribution < -0.4 is 0 Å². The van der Waals surface area contributed by atoms with Gasteiger partial charge in [-0.15, -0.1) is 0 Å². The van der Waals surface area contributed by atoms with E-state index in [2.05, 4.69) is 27.4 Å². The third-order valence-corrected chi connectivity index (χ3v) is 7.52. The van der Waals surface area contributed by atoms with Crippen molar-refractivity contribution < 1.29 is 9.53 Å². The molecule has 0 aromatic carbocycles. The Kier molecular flexibility index (Phi) is 24.7. The molecule has 2 atom stereocenters. The molecule has 0 saturated carbocycles. The minimum atomic E-state index is -0.223. The molecule has 0 aromatic heterocycles. The van der Waals surface area contributed by atoms with Gasteiger partial charge in [-0.1, -0.05) is 162 Å². The zero-order valence-corrected chi connectivity index (χ0v) is 23.9. The molecule has 0 aliphatic heterocycles. The van der Waals surface area contributed by atoms with Crippen LogP contribution in [0.3, 0.4) is 0 Å². The molecule has 2 nitrogen and oxygen atoms in total. The van der Waals surface area contributed by atoms with E-state index >= 15 is 0 Å². The molecule has 0 bridgehead atoms. The first kappa shape index (κ1) is 33.2. The minimum Gasteiger partial charge on any atom is -0.462 e. The number of rotatable bonds is 26. The highest BCUT2D eigenvalue weighted by molar-refractivity contribution is 5.86. The first-order valence-electron chi connectivity index (χ1n) is 15.4. The van der Waals surface area contributed by atoms with E-state index in [1.807, 2.05) is 0 Å². The SMILES string of the molecule is C=C(C)C(=O)OCC(CCCCCCCCCCCC)C(C)CCCCCCCCCCCC. The maximum atomic E-state index is 11.9. The van der Waals surface area contributed by atoms with E-state index in [0.717, 1.165) is 0 Å². The lowest BCUT2D eigenvalue weighted by molar-refractivity contribution is -0.140. The fourth-order valence-corrected chi connectivity index (χ4v) is 4.92. The number of hydrogen-bond donors (Lipinski definition) is 0. The van der Waals surface area contributed by atoms with Crippen LogP contribution >= 0.6 is 0 Å². The molecule has 0 saturated heterocycles.